The molecule has 4 heteroatoms. The number of carbonyl (C=O) groups excluding carboxylic acids is 2. The van der Waals surface area contributed by atoms with Crippen LogP contribution in [-0.4, -0.2) is 35.3 Å². The molecule has 25 heavy (non-hydrogen) atoms. The zero-order valence-corrected chi connectivity index (χ0v) is 15.2. The molecule has 4 nitrogen and oxygen atoms in total. The standard InChI is InChI=1S/C21H26N2O2/c1-21(2,3)22-19(24)16-11-13-23(14-12-16)20(25)18-10-6-8-15-7-4-5-9-17(15)18/h4-10,16H,11-14H2,1-3H3,(H,22,24). The maximum atomic E-state index is 12.9. The van der Waals surface area contributed by atoms with E-state index in [0.717, 1.165) is 29.2 Å². The molecule has 0 aromatic heterocycles. The van der Waals surface area contributed by atoms with Gasteiger partial charge in [-0.05, 0) is 50.5 Å². The van der Waals surface area contributed by atoms with E-state index in [2.05, 4.69) is 5.32 Å². The lowest BCUT2D eigenvalue weighted by Gasteiger charge is -2.33. The van der Waals surface area contributed by atoms with E-state index >= 15 is 0 Å². The number of amides is 2. The van der Waals surface area contributed by atoms with Gasteiger partial charge in [-0.2, -0.15) is 0 Å². The number of hydrogen-bond donors (Lipinski definition) is 1. The van der Waals surface area contributed by atoms with Gasteiger partial charge >= 0.3 is 0 Å². The minimum atomic E-state index is -0.215. The predicted molar refractivity (Wildman–Crippen MR) is 100 cm³/mol. The number of likely N-dealkylation sites (tertiary alicyclic amines) is 1. The highest BCUT2D eigenvalue weighted by atomic mass is 16.2. The molecule has 1 fully saturated rings. The van der Waals surface area contributed by atoms with E-state index in [0.29, 0.717) is 13.1 Å². The maximum Gasteiger partial charge on any atom is 0.254 e. The Morgan fingerprint density at radius 2 is 1.64 bits per heavy atom. The number of piperidine rings is 1. The van der Waals surface area contributed by atoms with E-state index in [9.17, 15) is 9.59 Å². The molecule has 0 saturated carbocycles. The van der Waals surface area contributed by atoms with Crippen molar-refractivity contribution in [2.24, 2.45) is 5.92 Å². The van der Waals surface area contributed by atoms with Gasteiger partial charge in [0.2, 0.25) is 5.91 Å². The van der Waals surface area contributed by atoms with E-state index < -0.39 is 0 Å². The fourth-order valence-corrected chi connectivity index (χ4v) is 3.40. The average Bonchev–Trinajstić information content (AvgIpc) is 2.59. The van der Waals surface area contributed by atoms with E-state index in [-0.39, 0.29) is 23.3 Å². The van der Waals surface area contributed by atoms with Gasteiger partial charge in [0.15, 0.2) is 0 Å². The predicted octanol–water partition coefficient (Wildman–Crippen LogP) is 3.61. The lowest BCUT2D eigenvalue weighted by Crippen LogP contribution is -2.47. The van der Waals surface area contributed by atoms with Crippen LogP contribution in [0.15, 0.2) is 42.5 Å². The van der Waals surface area contributed by atoms with Crippen molar-refractivity contribution < 1.29 is 9.59 Å². The zero-order chi connectivity index (χ0) is 18.0. The number of fused-ring (bicyclic) bond motifs is 1. The number of rotatable bonds is 2. The Morgan fingerprint density at radius 1 is 1.00 bits per heavy atom. The first-order valence-corrected chi connectivity index (χ1v) is 8.94. The highest BCUT2D eigenvalue weighted by molar-refractivity contribution is 6.07. The molecule has 0 spiro atoms. The summed E-state index contributed by atoms with van der Waals surface area (Å²) in [4.78, 5) is 27.1. The van der Waals surface area contributed by atoms with Crippen molar-refractivity contribution in [3.05, 3.63) is 48.0 Å². The van der Waals surface area contributed by atoms with Crippen LogP contribution in [0.4, 0.5) is 0 Å². The van der Waals surface area contributed by atoms with Crippen LogP contribution in [0.5, 0.6) is 0 Å². The van der Waals surface area contributed by atoms with Gasteiger partial charge in [-0.1, -0.05) is 36.4 Å². The molecule has 0 radical (unpaired) electrons. The summed E-state index contributed by atoms with van der Waals surface area (Å²) in [6.45, 7) is 7.23. The van der Waals surface area contributed by atoms with Crippen LogP contribution < -0.4 is 5.32 Å². The molecule has 1 heterocycles. The molecular formula is C21H26N2O2. The summed E-state index contributed by atoms with van der Waals surface area (Å²) in [5, 5.41) is 5.11. The normalized spacial score (nSPS) is 16.0. The van der Waals surface area contributed by atoms with Gasteiger partial charge in [0.25, 0.3) is 5.91 Å². The molecule has 1 N–H and O–H groups in total. The lowest BCUT2D eigenvalue weighted by atomic mass is 9.93. The van der Waals surface area contributed by atoms with Crippen LogP contribution in [0.2, 0.25) is 0 Å². The van der Waals surface area contributed by atoms with Crippen LogP contribution in [0.3, 0.4) is 0 Å². The zero-order valence-electron chi connectivity index (χ0n) is 15.2. The van der Waals surface area contributed by atoms with Crippen LogP contribution in [-0.2, 0) is 4.79 Å². The van der Waals surface area contributed by atoms with Gasteiger partial charge in [0.1, 0.15) is 0 Å². The van der Waals surface area contributed by atoms with Crippen molar-refractivity contribution in [2.45, 2.75) is 39.2 Å². The first-order valence-electron chi connectivity index (χ1n) is 8.94. The Labute approximate surface area is 149 Å². The van der Waals surface area contributed by atoms with Crippen LogP contribution >= 0.6 is 0 Å². The van der Waals surface area contributed by atoms with E-state index in [1.807, 2.05) is 68.1 Å². The molecule has 0 unspecified atom stereocenters. The molecule has 132 valence electrons. The summed E-state index contributed by atoms with van der Waals surface area (Å²) < 4.78 is 0. The third-order valence-electron chi connectivity index (χ3n) is 4.67. The van der Waals surface area contributed by atoms with Gasteiger partial charge in [0, 0.05) is 30.1 Å². The minimum absolute atomic E-state index is 0.00390. The van der Waals surface area contributed by atoms with Crippen molar-refractivity contribution in [1.29, 1.82) is 0 Å². The maximum absolute atomic E-state index is 12.9. The van der Waals surface area contributed by atoms with Gasteiger partial charge < -0.3 is 10.2 Å². The largest absolute Gasteiger partial charge is 0.351 e. The second kappa shape index (κ2) is 6.87. The molecular weight excluding hydrogens is 312 g/mol. The van der Waals surface area contributed by atoms with Crippen LogP contribution in [0, 0.1) is 5.92 Å². The second-order valence-corrected chi connectivity index (χ2v) is 7.83. The van der Waals surface area contributed by atoms with E-state index in [4.69, 9.17) is 0 Å². The average molecular weight is 338 g/mol. The van der Waals surface area contributed by atoms with Crippen molar-refractivity contribution >= 4 is 22.6 Å². The summed E-state index contributed by atoms with van der Waals surface area (Å²) in [5.74, 6) is 0.159. The topological polar surface area (TPSA) is 49.4 Å². The Morgan fingerprint density at radius 3 is 2.32 bits per heavy atom. The summed E-state index contributed by atoms with van der Waals surface area (Å²) in [6.07, 6.45) is 1.44. The molecule has 0 aliphatic carbocycles. The SMILES string of the molecule is CC(C)(C)NC(=O)C1CCN(C(=O)c2cccc3ccccc23)CC1. The summed E-state index contributed by atoms with van der Waals surface area (Å²) >= 11 is 0. The second-order valence-electron chi connectivity index (χ2n) is 7.83. The fraction of sp³-hybridized carbons (Fsp3) is 0.429. The Balaban J connectivity index is 1.68. The van der Waals surface area contributed by atoms with Gasteiger partial charge in [-0.25, -0.2) is 0 Å². The van der Waals surface area contributed by atoms with E-state index in [1.54, 1.807) is 0 Å². The fourth-order valence-electron chi connectivity index (χ4n) is 3.40. The first-order chi connectivity index (χ1) is 11.8. The highest BCUT2D eigenvalue weighted by Gasteiger charge is 2.29. The first kappa shape index (κ1) is 17.5. The van der Waals surface area contributed by atoms with Crippen molar-refractivity contribution in [3.63, 3.8) is 0 Å². The smallest absolute Gasteiger partial charge is 0.254 e. The van der Waals surface area contributed by atoms with Crippen molar-refractivity contribution in [1.82, 2.24) is 10.2 Å². The Hall–Kier alpha value is -2.36. The molecule has 1 aliphatic heterocycles. The summed E-state index contributed by atoms with van der Waals surface area (Å²) in [7, 11) is 0. The van der Waals surface area contributed by atoms with Gasteiger partial charge in [-0.3, -0.25) is 9.59 Å². The molecule has 2 aromatic carbocycles. The monoisotopic (exact) mass is 338 g/mol. The Kier molecular flexibility index (Phi) is 4.80. The third-order valence-corrected chi connectivity index (χ3v) is 4.67. The quantitative estimate of drug-likeness (QED) is 0.909. The van der Waals surface area contributed by atoms with Crippen LogP contribution in [0.25, 0.3) is 10.8 Å². The van der Waals surface area contributed by atoms with Crippen LogP contribution in [0.1, 0.15) is 44.0 Å². The molecule has 0 atom stereocenters. The number of carbonyl (C=O) groups is 2. The number of benzene rings is 2. The van der Waals surface area contributed by atoms with Crippen molar-refractivity contribution in [2.75, 3.05) is 13.1 Å². The van der Waals surface area contributed by atoms with Gasteiger partial charge in [0.05, 0.1) is 0 Å². The Bertz CT molecular complexity index is 779. The number of nitrogens with zero attached hydrogens (tertiary/aromatic N) is 1. The minimum Gasteiger partial charge on any atom is -0.351 e. The molecule has 2 amide bonds. The van der Waals surface area contributed by atoms with Crippen molar-refractivity contribution in [3.8, 4) is 0 Å². The number of nitrogens with one attached hydrogen (secondary N) is 1. The van der Waals surface area contributed by atoms with E-state index in [1.165, 1.54) is 0 Å². The number of hydrogen-bond acceptors (Lipinski definition) is 2. The molecule has 1 saturated heterocycles. The van der Waals surface area contributed by atoms with Gasteiger partial charge in [-0.15, -0.1) is 0 Å². The highest BCUT2D eigenvalue weighted by Crippen LogP contribution is 2.24. The molecule has 1 aliphatic rings. The molecule has 0 bridgehead atoms. The lowest BCUT2D eigenvalue weighted by molar-refractivity contribution is -0.127. The summed E-state index contributed by atoms with van der Waals surface area (Å²) in [6, 6.07) is 13.8. The third kappa shape index (κ3) is 4.01. The summed E-state index contributed by atoms with van der Waals surface area (Å²) in [5.41, 5.74) is 0.531. The molecule has 3 rings (SSSR count). The molecule has 2 aromatic rings.